The lowest BCUT2D eigenvalue weighted by atomic mass is 9.79. The summed E-state index contributed by atoms with van der Waals surface area (Å²) in [6, 6.07) is 2.15. The zero-order chi connectivity index (χ0) is 20.7. The normalized spacial score (nSPS) is 38.2. The van der Waals surface area contributed by atoms with E-state index in [-0.39, 0.29) is 25.6 Å². The maximum absolute atomic E-state index is 12.7. The van der Waals surface area contributed by atoms with Crippen LogP contribution in [0.1, 0.15) is 90.9 Å². The molecule has 3 fully saturated rings. The van der Waals surface area contributed by atoms with Crippen molar-refractivity contribution in [1.82, 2.24) is 0 Å². The molecule has 29 heavy (non-hydrogen) atoms. The average molecular weight is 406 g/mol. The Morgan fingerprint density at radius 2 is 1.69 bits per heavy atom. The molecule has 0 aromatic carbocycles. The van der Waals surface area contributed by atoms with Gasteiger partial charge in [-0.05, 0) is 63.2 Å². The first-order valence-corrected chi connectivity index (χ1v) is 11.9. The fourth-order valence-electron chi connectivity index (χ4n) is 5.08. The smallest absolute Gasteiger partial charge is 0.331 e. The number of esters is 1. The molecule has 164 valence electrons. The second-order valence-corrected chi connectivity index (χ2v) is 9.75. The second-order valence-electron chi connectivity index (χ2n) is 9.75. The molecular formula is C24H39NO4. The predicted molar refractivity (Wildman–Crippen MR) is 111 cm³/mol. The molecular weight excluding hydrogens is 366 g/mol. The minimum absolute atomic E-state index is 0.0652. The molecule has 0 spiro atoms. The molecule has 1 heterocycles. The Morgan fingerprint density at radius 3 is 2.28 bits per heavy atom. The van der Waals surface area contributed by atoms with Crippen molar-refractivity contribution in [1.29, 1.82) is 5.26 Å². The maximum Gasteiger partial charge on any atom is 0.331 e. The Bertz CT molecular complexity index is 548. The van der Waals surface area contributed by atoms with E-state index >= 15 is 0 Å². The van der Waals surface area contributed by atoms with Crippen LogP contribution in [-0.2, 0) is 19.0 Å². The van der Waals surface area contributed by atoms with Gasteiger partial charge in [-0.1, -0.05) is 39.5 Å². The van der Waals surface area contributed by atoms with Gasteiger partial charge in [-0.2, -0.15) is 5.26 Å². The van der Waals surface area contributed by atoms with Crippen molar-refractivity contribution in [3.8, 4) is 6.07 Å². The van der Waals surface area contributed by atoms with E-state index in [2.05, 4.69) is 19.9 Å². The number of hydrogen-bond acceptors (Lipinski definition) is 5. The van der Waals surface area contributed by atoms with E-state index < -0.39 is 11.4 Å². The minimum atomic E-state index is -1.31. The number of hydrogen-bond donors (Lipinski definition) is 0. The molecule has 0 bridgehead atoms. The van der Waals surface area contributed by atoms with Crippen molar-refractivity contribution < 1.29 is 19.0 Å². The zero-order valence-electron chi connectivity index (χ0n) is 18.4. The number of nitriles is 1. The van der Waals surface area contributed by atoms with Crippen LogP contribution in [-0.4, -0.2) is 31.6 Å². The van der Waals surface area contributed by atoms with Gasteiger partial charge in [0.2, 0.25) is 5.41 Å². The molecule has 0 aromatic heterocycles. The van der Waals surface area contributed by atoms with Crippen molar-refractivity contribution in [2.45, 2.75) is 103 Å². The lowest BCUT2D eigenvalue weighted by molar-refractivity contribution is -0.247. The van der Waals surface area contributed by atoms with Gasteiger partial charge in [0.15, 0.2) is 6.29 Å². The molecule has 1 saturated heterocycles. The number of ether oxygens (including phenoxy) is 3. The molecule has 2 saturated carbocycles. The third-order valence-electron chi connectivity index (χ3n) is 7.32. The minimum Gasteiger partial charge on any atom is -0.461 e. The lowest BCUT2D eigenvalue weighted by Crippen LogP contribution is -2.50. The molecule has 0 aromatic rings. The third kappa shape index (κ3) is 5.95. The van der Waals surface area contributed by atoms with Crippen LogP contribution in [0.3, 0.4) is 0 Å². The van der Waals surface area contributed by atoms with E-state index in [0.717, 1.165) is 44.4 Å². The van der Waals surface area contributed by atoms with E-state index in [4.69, 9.17) is 14.2 Å². The highest BCUT2D eigenvalue weighted by atomic mass is 16.7. The van der Waals surface area contributed by atoms with Crippen LogP contribution >= 0.6 is 0 Å². The highest BCUT2D eigenvalue weighted by Gasteiger charge is 2.48. The van der Waals surface area contributed by atoms with E-state index in [1.54, 1.807) is 0 Å². The monoisotopic (exact) mass is 405 g/mol. The standard InChI is InChI=1S/C24H39NO4/c1-3-4-5-6-19-9-11-20(12-10-19)22-27-16-24(15-25,17-28-22)23(26)29-21-13-7-18(2)8-14-21/h18-22H,3-14,16-17H2,1-2H3/t18?,19?,20?,21?,22-,24+. The molecule has 3 rings (SSSR count). The summed E-state index contributed by atoms with van der Waals surface area (Å²) in [7, 11) is 0. The number of carbonyl (C=O) groups excluding carboxylic acids is 1. The number of unbranched alkanes of at least 4 members (excludes halogenated alkanes) is 2. The van der Waals surface area contributed by atoms with Gasteiger partial charge < -0.3 is 14.2 Å². The van der Waals surface area contributed by atoms with Gasteiger partial charge in [-0.25, -0.2) is 0 Å². The molecule has 0 unspecified atom stereocenters. The van der Waals surface area contributed by atoms with Crippen molar-refractivity contribution in [3.05, 3.63) is 0 Å². The van der Waals surface area contributed by atoms with Crippen molar-refractivity contribution in [2.75, 3.05) is 13.2 Å². The summed E-state index contributed by atoms with van der Waals surface area (Å²) in [5.74, 6) is 1.45. The van der Waals surface area contributed by atoms with Gasteiger partial charge in [0.05, 0.1) is 19.3 Å². The quantitative estimate of drug-likeness (QED) is 0.420. The number of nitrogens with zero attached hydrogens (tertiary/aromatic N) is 1. The van der Waals surface area contributed by atoms with Crippen molar-refractivity contribution in [2.24, 2.45) is 23.2 Å². The molecule has 5 heteroatoms. The summed E-state index contributed by atoms with van der Waals surface area (Å²) in [5, 5.41) is 9.71. The Balaban J connectivity index is 1.43. The molecule has 0 radical (unpaired) electrons. The van der Waals surface area contributed by atoms with E-state index in [1.165, 1.54) is 38.5 Å². The summed E-state index contributed by atoms with van der Waals surface area (Å²) in [4.78, 5) is 12.7. The van der Waals surface area contributed by atoms with E-state index in [0.29, 0.717) is 11.8 Å². The Morgan fingerprint density at radius 1 is 1.03 bits per heavy atom. The molecule has 0 N–H and O–H groups in total. The summed E-state index contributed by atoms with van der Waals surface area (Å²) in [5.41, 5.74) is -1.31. The first kappa shape index (κ1) is 22.6. The van der Waals surface area contributed by atoms with Crippen LogP contribution in [0, 0.1) is 34.5 Å². The molecule has 2 aliphatic carbocycles. The first-order chi connectivity index (χ1) is 14.1. The summed E-state index contributed by atoms with van der Waals surface area (Å²) >= 11 is 0. The summed E-state index contributed by atoms with van der Waals surface area (Å²) in [6.07, 6.45) is 13.6. The summed E-state index contributed by atoms with van der Waals surface area (Å²) in [6.45, 7) is 4.66. The van der Waals surface area contributed by atoms with Crippen LogP contribution in [0.15, 0.2) is 0 Å². The fourth-order valence-corrected chi connectivity index (χ4v) is 5.08. The molecule has 0 amide bonds. The van der Waals surface area contributed by atoms with Crippen LogP contribution in [0.25, 0.3) is 0 Å². The van der Waals surface area contributed by atoms with Gasteiger partial charge in [0, 0.05) is 5.92 Å². The Kier molecular flexibility index (Phi) is 8.38. The summed E-state index contributed by atoms with van der Waals surface area (Å²) < 4.78 is 17.6. The van der Waals surface area contributed by atoms with E-state index in [1.807, 2.05) is 0 Å². The topological polar surface area (TPSA) is 68.5 Å². The lowest BCUT2D eigenvalue weighted by Gasteiger charge is -2.40. The Hall–Kier alpha value is -1.12. The third-order valence-corrected chi connectivity index (χ3v) is 7.32. The van der Waals surface area contributed by atoms with E-state index in [9.17, 15) is 10.1 Å². The van der Waals surface area contributed by atoms with Gasteiger partial charge in [-0.15, -0.1) is 0 Å². The fraction of sp³-hybridized carbons (Fsp3) is 0.917. The van der Waals surface area contributed by atoms with Crippen molar-refractivity contribution >= 4 is 5.97 Å². The molecule has 5 nitrogen and oxygen atoms in total. The molecule has 0 atom stereocenters. The number of carbonyl (C=O) groups is 1. The second kappa shape index (κ2) is 10.8. The highest BCUT2D eigenvalue weighted by molar-refractivity contribution is 5.80. The van der Waals surface area contributed by atoms with Crippen LogP contribution in [0.4, 0.5) is 0 Å². The van der Waals surface area contributed by atoms with Gasteiger partial charge >= 0.3 is 5.97 Å². The van der Waals surface area contributed by atoms with Gasteiger partial charge in [-0.3, -0.25) is 4.79 Å². The average Bonchev–Trinajstić information content (AvgIpc) is 2.76. The van der Waals surface area contributed by atoms with Gasteiger partial charge in [0.25, 0.3) is 0 Å². The molecule has 1 aliphatic heterocycles. The van der Waals surface area contributed by atoms with Crippen LogP contribution in [0.5, 0.6) is 0 Å². The van der Waals surface area contributed by atoms with Crippen LogP contribution in [0.2, 0.25) is 0 Å². The Labute approximate surface area is 176 Å². The number of rotatable bonds is 7. The SMILES string of the molecule is CCCCCC1CCC([C@H]2OC[C@@](C#N)(C(=O)OC3CCC(C)CC3)CO2)CC1. The molecule has 3 aliphatic rings. The predicted octanol–water partition coefficient (Wildman–Crippen LogP) is 5.38. The van der Waals surface area contributed by atoms with Crippen molar-refractivity contribution in [3.63, 3.8) is 0 Å². The first-order valence-electron chi connectivity index (χ1n) is 11.9. The maximum atomic E-state index is 12.7. The van der Waals surface area contributed by atoms with Gasteiger partial charge in [0.1, 0.15) is 6.10 Å². The largest absolute Gasteiger partial charge is 0.461 e. The zero-order valence-corrected chi connectivity index (χ0v) is 18.4. The van der Waals surface area contributed by atoms with Crippen LogP contribution < -0.4 is 0 Å². The highest BCUT2D eigenvalue weighted by Crippen LogP contribution is 2.38.